The van der Waals surface area contributed by atoms with Crippen molar-refractivity contribution in [1.82, 2.24) is 0 Å². The standard InChI is InChI=1S/C9H8BrF2NO/c10-6-4-7(11)5(3-8(6)12)9(14)1-2-13/h3-4H,1-2,13H2. The van der Waals surface area contributed by atoms with Gasteiger partial charge in [-0.1, -0.05) is 0 Å². The van der Waals surface area contributed by atoms with Crippen molar-refractivity contribution in [2.75, 3.05) is 6.54 Å². The Morgan fingerprint density at radius 1 is 1.36 bits per heavy atom. The first-order valence-electron chi connectivity index (χ1n) is 3.94. The molecule has 0 aliphatic carbocycles. The molecule has 0 aliphatic heterocycles. The molecule has 0 atom stereocenters. The summed E-state index contributed by atoms with van der Waals surface area (Å²) < 4.78 is 26.1. The number of hydrogen-bond acceptors (Lipinski definition) is 2. The molecule has 14 heavy (non-hydrogen) atoms. The summed E-state index contributed by atoms with van der Waals surface area (Å²) in [6.45, 7) is 0.121. The van der Waals surface area contributed by atoms with E-state index in [1.807, 2.05) is 0 Å². The number of benzene rings is 1. The van der Waals surface area contributed by atoms with Gasteiger partial charge in [0, 0.05) is 6.42 Å². The number of halogens is 3. The Balaban J connectivity index is 3.09. The Labute approximate surface area is 88.2 Å². The van der Waals surface area contributed by atoms with Crippen LogP contribution in [0, 0.1) is 11.6 Å². The molecular formula is C9H8BrF2NO. The molecule has 1 aromatic carbocycles. The normalized spacial score (nSPS) is 10.3. The van der Waals surface area contributed by atoms with Gasteiger partial charge in [0.1, 0.15) is 11.6 Å². The molecule has 0 aromatic heterocycles. The summed E-state index contributed by atoms with van der Waals surface area (Å²) in [6.07, 6.45) is 0.0119. The van der Waals surface area contributed by atoms with Crippen LogP contribution in [0.25, 0.3) is 0 Å². The summed E-state index contributed by atoms with van der Waals surface area (Å²) in [5, 5.41) is 0. The first-order valence-corrected chi connectivity index (χ1v) is 4.73. The molecule has 2 nitrogen and oxygen atoms in total. The predicted octanol–water partition coefficient (Wildman–Crippen LogP) is 2.26. The Hall–Kier alpha value is -0.810. The van der Waals surface area contributed by atoms with Crippen LogP contribution in [0.2, 0.25) is 0 Å². The largest absolute Gasteiger partial charge is 0.330 e. The lowest BCUT2D eigenvalue weighted by atomic mass is 10.1. The summed E-state index contributed by atoms with van der Waals surface area (Å²) in [5.74, 6) is -1.89. The highest BCUT2D eigenvalue weighted by molar-refractivity contribution is 9.10. The van der Waals surface area contributed by atoms with E-state index in [0.29, 0.717) is 0 Å². The van der Waals surface area contributed by atoms with Crippen molar-refractivity contribution < 1.29 is 13.6 Å². The van der Waals surface area contributed by atoms with Crippen molar-refractivity contribution in [3.8, 4) is 0 Å². The molecule has 0 saturated carbocycles. The average Bonchev–Trinajstić information content (AvgIpc) is 2.11. The highest BCUT2D eigenvalue weighted by atomic mass is 79.9. The second-order valence-corrected chi connectivity index (χ2v) is 3.56. The van der Waals surface area contributed by atoms with Crippen LogP contribution in [0.5, 0.6) is 0 Å². The van der Waals surface area contributed by atoms with E-state index in [4.69, 9.17) is 5.73 Å². The SMILES string of the molecule is NCCC(=O)c1cc(F)c(Br)cc1F. The van der Waals surface area contributed by atoms with Crippen molar-refractivity contribution in [3.63, 3.8) is 0 Å². The van der Waals surface area contributed by atoms with Crippen molar-refractivity contribution in [2.24, 2.45) is 5.73 Å². The van der Waals surface area contributed by atoms with Crippen LogP contribution in [0.15, 0.2) is 16.6 Å². The maximum absolute atomic E-state index is 13.1. The van der Waals surface area contributed by atoms with Crippen LogP contribution >= 0.6 is 15.9 Å². The minimum Gasteiger partial charge on any atom is -0.330 e. The van der Waals surface area contributed by atoms with E-state index in [0.717, 1.165) is 12.1 Å². The monoisotopic (exact) mass is 263 g/mol. The van der Waals surface area contributed by atoms with Crippen LogP contribution in [0.3, 0.4) is 0 Å². The van der Waals surface area contributed by atoms with Crippen LogP contribution in [-0.2, 0) is 0 Å². The van der Waals surface area contributed by atoms with E-state index < -0.39 is 17.4 Å². The third-order valence-electron chi connectivity index (χ3n) is 1.68. The van der Waals surface area contributed by atoms with Gasteiger partial charge in [-0.3, -0.25) is 4.79 Å². The minimum atomic E-state index is -0.739. The zero-order valence-corrected chi connectivity index (χ0v) is 8.77. The smallest absolute Gasteiger partial charge is 0.167 e. The number of carbonyl (C=O) groups excluding carboxylic acids is 1. The van der Waals surface area contributed by atoms with Crippen molar-refractivity contribution in [2.45, 2.75) is 6.42 Å². The third-order valence-corrected chi connectivity index (χ3v) is 2.29. The molecule has 0 fully saturated rings. The first-order chi connectivity index (χ1) is 6.56. The molecule has 1 aromatic rings. The molecule has 76 valence electrons. The third kappa shape index (κ3) is 2.36. The number of ketones is 1. The maximum atomic E-state index is 13.1. The summed E-state index contributed by atoms with van der Waals surface area (Å²) in [7, 11) is 0. The van der Waals surface area contributed by atoms with Gasteiger partial charge < -0.3 is 5.73 Å². The molecule has 0 unspecified atom stereocenters. The molecule has 0 spiro atoms. The van der Waals surface area contributed by atoms with Crippen LogP contribution < -0.4 is 5.73 Å². The molecular weight excluding hydrogens is 256 g/mol. The lowest BCUT2D eigenvalue weighted by Crippen LogP contribution is -2.10. The van der Waals surface area contributed by atoms with E-state index >= 15 is 0 Å². The van der Waals surface area contributed by atoms with Gasteiger partial charge in [0.25, 0.3) is 0 Å². The van der Waals surface area contributed by atoms with E-state index in [-0.39, 0.29) is 23.0 Å². The predicted molar refractivity (Wildman–Crippen MR) is 52.1 cm³/mol. The highest BCUT2D eigenvalue weighted by Crippen LogP contribution is 2.20. The zero-order valence-electron chi connectivity index (χ0n) is 7.19. The summed E-state index contributed by atoms with van der Waals surface area (Å²) in [5.41, 5.74) is 4.88. The van der Waals surface area contributed by atoms with Crippen molar-refractivity contribution in [3.05, 3.63) is 33.8 Å². The number of hydrogen-bond donors (Lipinski definition) is 1. The van der Waals surface area contributed by atoms with Gasteiger partial charge in [0.15, 0.2) is 5.78 Å². The molecule has 2 N–H and O–H groups in total. The molecule has 0 heterocycles. The second-order valence-electron chi connectivity index (χ2n) is 2.71. The maximum Gasteiger partial charge on any atom is 0.167 e. The van der Waals surface area contributed by atoms with Gasteiger partial charge in [0.2, 0.25) is 0 Å². The number of Topliss-reactive ketones (excluding diaryl/α,β-unsaturated/α-hetero) is 1. The Morgan fingerprint density at radius 2 is 2.00 bits per heavy atom. The number of nitrogens with two attached hydrogens (primary N) is 1. The minimum absolute atomic E-state index is 0.000650. The second kappa shape index (κ2) is 4.61. The van der Waals surface area contributed by atoms with Gasteiger partial charge in [0.05, 0.1) is 10.0 Å². The molecule has 0 aliphatic rings. The summed E-state index contributed by atoms with van der Waals surface area (Å²) in [6, 6.07) is 1.80. The molecule has 0 saturated heterocycles. The van der Waals surface area contributed by atoms with E-state index in [9.17, 15) is 13.6 Å². The molecule has 0 amide bonds. The first kappa shape index (κ1) is 11.3. The highest BCUT2D eigenvalue weighted by Gasteiger charge is 2.14. The van der Waals surface area contributed by atoms with Crippen LogP contribution in [-0.4, -0.2) is 12.3 Å². The summed E-state index contributed by atoms with van der Waals surface area (Å²) in [4.78, 5) is 11.2. The van der Waals surface area contributed by atoms with Gasteiger partial charge in [-0.2, -0.15) is 0 Å². The van der Waals surface area contributed by atoms with Gasteiger partial charge in [-0.05, 0) is 34.6 Å². The van der Waals surface area contributed by atoms with E-state index in [1.165, 1.54) is 0 Å². The Bertz CT molecular complexity index is 368. The molecule has 5 heteroatoms. The number of rotatable bonds is 3. The van der Waals surface area contributed by atoms with Crippen LogP contribution in [0.4, 0.5) is 8.78 Å². The van der Waals surface area contributed by atoms with Crippen molar-refractivity contribution >= 4 is 21.7 Å². The lowest BCUT2D eigenvalue weighted by molar-refractivity contribution is 0.0981. The molecule has 0 radical (unpaired) electrons. The fraction of sp³-hybridized carbons (Fsp3) is 0.222. The van der Waals surface area contributed by atoms with Gasteiger partial charge >= 0.3 is 0 Å². The zero-order chi connectivity index (χ0) is 10.7. The fourth-order valence-corrected chi connectivity index (χ4v) is 1.32. The van der Waals surface area contributed by atoms with Gasteiger partial charge in [-0.15, -0.1) is 0 Å². The van der Waals surface area contributed by atoms with Crippen molar-refractivity contribution in [1.29, 1.82) is 0 Å². The lowest BCUT2D eigenvalue weighted by Gasteiger charge is -2.02. The topological polar surface area (TPSA) is 43.1 Å². The van der Waals surface area contributed by atoms with Crippen LogP contribution in [0.1, 0.15) is 16.8 Å². The van der Waals surface area contributed by atoms with E-state index in [2.05, 4.69) is 15.9 Å². The average molecular weight is 264 g/mol. The Kier molecular flexibility index (Phi) is 3.71. The van der Waals surface area contributed by atoms with Gasteiger partial charge in [-0.25, -0.2) is 8.78 Å². The quantitative estimate of drug-likeness (QED) is 0.672. The molecule has 0 bridgehead atoms. The Morgan fingerprint density at radius 3 is 2.57 bits per heavy atom. The summed E-state index contributed by atoms with van der Waals surface area (Å²) >= 11 is 2.82. The molecule has 1 rings (SSSR count). The van der Waals surface area contributed by atoms with E-state index in [1.54, 1.807) is 0 Å². The number of carbonyl (C=O) groups is 1. The fourth-order valence-electron chi connectivity index (χ4n) is 1.00.